The molecule has 1 aromatic heterocycles. The number of nitrogens with zero attached hydrogens (tertiary/aromatic N) is 2. The second kappa shape index (κ2) is 5.35. The average molecular weight is 246 g/mol. The van der Waals surface area contributed by atoms with Crippen LogP contribution < -0.4 is 4.74 Å². The van der Waals surface area contributed by atoms with Crippen LogP contribution in [0.4, 0.5) is 4.39 Å². The van der Waals surface area contributed by atoms with Crippen molar-refractivity contribution >= 4 is 5.78 Å². The third kappa shape index (κ3) is 2.88. The Hall–Kier alpha value is -2.30. The van der Waals surface area contributed by atoms with Crippen molar-refractivity contribution < 1.29 is 13.9 Å². The van der Waals surface area contributed by atoms with Crippen LogP contribution in [-0.2, 0) is 6.61 Å². The lowest BCUT2D eigenvalue weighted by Crippen LogP contribution is -2.04. The predicted octanol–water partition coefficient (Wildman–Crippen LogP) is 2.40. The number of benzene rings is 1. The number of ketones is 1. The van der Waals surface area contributed by atoms with Crippen LogP contribution in [0.5, 0.6) is 5.75 Å². The summed E-state index contributed by atoms with van der Waals surface area (Å²) >= 11 is 0. The Labute approximate surface area is 103 Å². The van der Waals surface area contributed by atoms with Gasteiger partial charge in [0.1, 0.15) is 18.2 Å². The number of halogens is 1. The van der Waals surface area contributed by atoms with E-state index in [2.05, 4.69) is 9.97 Å². The fraction of sp³-hybridized carbons (Fsp3) is 0.154. The second-order valence-corrected chi connectivity index (χ2v) is 3.65. The topological polar surface area (TPSA) is 52.1 Å². The van der Waals surface area contributed by atoms with Crippen LogP contribution in [0.2, 0.25) is 0 Å². The van der Waals surface area contributed by atoms with Gasteiger partial charge in [0.15, 0.2) is 11.6 Å². The first-order chi connectivity index (χ1) is 8.66. The molecule has 0 spiro atoms. The van der Waals surface area contributed by atoms with Gasteiger partial charge in [-0.25, -0.2) is 14.4 Å². The fourth-order valence-electron chi connectivity index (χ4n) is 1.45. The van der Waals surface area contributed by atoms with Crippen LogP contribution in [0.3, 0.4) is 0 Å². The van der Waals surface area contributed by atoms with Crippen molar-refractivity contribution in [1.82, 2.24) is 9.97 Å². The van der Waals surface area contributed by atoms with E-state index in [-0.39, 0.29) is 18.1 Å². The molecule has 0 amide bonds. The van der Waals surface area contributed by atoms with Gasteiger partial charge in [0.25, 0.3) is 0 Å². The second-order valence-electron chi connectivity index (χ2n) is 3.65. The maximum absolute atomic E-state index is 13.1. The number of hydrogen-bond donors (Lipinski definition) is 0. The summed E-state index contributed by atoms with van der Waals surface area (Å²) in [4.78, 5) is 19.3. The molecule has 0 unspecified atom stereocenters. The Morgan fingerprint density at radius 3 is 2.72 bits per heavy atom. The van der Waals surface area contributed by atoms with Crippen LogP contribution >= 0.6 is 0 Å². The Morgan fingerprint density at radius 2 is 2.06 bits per heavy atom. The van der Waals surface area contributed by atoms with E-state index in [1.54, 1.807) is 18.5 Å². The van der Waals surface area contributed by atoms with Crippen molar-refractivity contribution in [1.29, 1.82) is 0 Å². The summed E-state index contributed by atoms with van der Waals surface area (Å²) in [5, 5.41) is 0. The molecule has 0 atom stereocenters. The number of hydrogen-bond acceptors (Lipinski definition) is 4. The van der Waals surface area contributed by atoms with Gasteiger partial charge >= 0.3 is 0 Å². The summed E-state index contributed by atoms with van der Waals surface area (Å²) in [6, 6.07) is 5.49. The van der Waals surface area contributed by atoms with Gasteiger partial charge in [0, 0.05) is 18.5 Å². The Balaban J connectivity index is 2.18. The number of Topliss-reactive ketones (excluding diaryl/α,β-unsaturated/α-hetero) is 1. The summed E-state index contributed by atoms with van der Waals surface area (Å²) in [7, 11) is 0. The van der Waals surface area contributed by atoms with Gasteiger partial charge in [0.2, 0.25) is 0 Å². The van der Waals surface area contributed by atoms with Gasteiger partial charge in [-0.3, -0.25) is 4.79 Å². The van der Waals surface area contributed by atoms with E-state index < -0.39 is 5.82 Å². The van der Waals surface area contributed by atoms with E-state index >= 15 is 0 Å². The van der Waals surface area contributed by atoms with Crippen molar-refractivity contribution in [3.63, 3.8) is 0 Å². The molecule has 0 fully saturated rings. The van der Waals surface area contributed by atoms with Crippen molar-refractivity contribution in [2.24, 2.45) is 0 Å². The van der Waals surface area contributed by atoms with Crippen LogP contribution in [0.1, 0.15) is 23.1 Å². The highest BCUT2D eigenvalue weighted by molar-refractivity contribution is 5.96. The number of rotatable bonds is 4. The van der Waals surface area contributed by atoms with E-state index in [4.69, 9.17) is 4.74 Å². The van der Waals surface area contributed by atoms with E-state index in [0.29, 0.717) is 11.4 Å². The maximum Gasteiger partial charge on any atom is 0.166 e. The predicted molar refractivity (Wildman–Crippen MR) is 62.8 cm³/mol. The van der Waals surface area contributed by atoms with Gasteiger partial charge in [0.05, 0.1) is 5.56 Å². The normalized spacial score (nSPS) is 10.1. The molecule has 0 aliphatic rings. The summed E-state index contributed by atoms with van der Waals surface area (Å²) in [6.45, 7) is 1.49. The molecule has 92 valence electrons. The first-order valence-electron chi connectivity index (χ1n) is 5.36. The van der Waals surface area contributed by atoms with E-state index in [9.17, 15) is 9.18 Å². The molecule has 0 saturated carbocycles. The molecule has 1 aromatic carbocycles. The number of ether oxygens (including phenoxy) is 1. The molecule has 0 aliphatic heterocycles. The smallest absolute Gasteiger partial charge is 0.166 e. The lowest BCUT2D eigenvalue weighted by atomic mass is 10.1. The minimum absolute atomic E-state index is 0.0879. The molecule has 18 heavy (non-hydrogen) atoms. The first kappa shape index (κ1) is 12.2. The van der Waals surface area contributed by atoms with Gasteiger partial charge in [-0.15, -0.1) is 0 Å². The van der Waals surface area contributed by atoms with Crippen molar-refractivity contribution in [2.75, 3.05) is 0 Å². The molecule has 4 nitrogen and oxygen atoms in total. The molecule has 0 aliphatic carbocycles. The minimum Gasteiger partial charge on any atom is -0.485 e. The van der Waals surface area contributed by atoms with Crippen LogP contribution in [0.25, 0.3) is 0 Å². The summed E-state index contributed by atoms with van der Waals surface area (Å²) in [5.41, 5.74) is 0.340. The third-order valence-corrected chi connectivity index (χ3v) is 2.30. The minimum atomic E-state index is -0.455. The van der Waals surface area contributed by atoms with Gasteiger partial charge in [-0.2, -0.15) is 0 Å². The molecule has 1 heterocycles. The lowest BCUT2D eigenvalue weighted by molar-refractivity contribution is 0.101. The standard InChI is InChI=1S/C13H11FN2O2/c1-9(17)11-4-3-10(14)7-12(11)18-8-13-15-5-2-6-16-13/h2-7H,8H2,1H3. The number of carbonyl (C=O) groups excluding carboxylic acids is 1. The number of aromatic nitrogens is 2. The molecule has 5 heteroatoms. The van der Waals surface area contributed by atoms with Crippen molar-refractivity contribution in [3.05, 3.63) is 53.9 Å². The van der Waals surface area contributed by atoms with Gasteiger partial charge < -0.3 is 4.74 Å². The molecular weight excluding hydrogens is 235 g/mol. The quantitative estimate of drug-likeness (QED) is 0.777. The highest BCUT2D eigenvalue weighted by Crippen LogP contribution is 2.21. The SMILES string of the molecule is CC(=O)c1ccc(F)cc1OCc1ncccn1. The molecule has 0 radical (unpaired) electrons. The monoisotopic (exact) mass is 246 g/mol. The van der Waals surface area contributed by atoms with E-state index in [1.807, 2.05) is 0 Å². The highest BCUT2D eigenvalue weighted by Gasteiger charge is 2.10. The Morgan fingerprint density at radius 1 is 1.33 bits per heavy atom. The molecule has 2 rings (SSSR count). The fourth-order valence-corrected chi connectivity index (χ4v) is 1.45. The van der Waals surface area contributed by atoms with E-state index in [1.165, 1.54) is 25.1 Å². The zero-order valence-electron chi connectivity index (χ0n) is 9.76. The molecule has 2 aromatic rings. The third-order valence-electron chi connectivity index (χ3n) is 2.30. The number of carbonyl (C=O) groups is 1. The van der Waals surface area contributed by atoms with Gasteiger partial charge in [-0.05, 0) is 25.1 Å². The van der Waals surface area contributed by atoms with Crippen molar-refractivity contribution in [3.8, 4) is 5.75 Å². The molecule has 0 saturated heterocycles. The molecule has 0 N–H and O–H groups in total. The summed E-state index contributed by atoms with van der Waals surface area (Å²) in [5.74, 6) is 0.0363. The molecule has 0 bridgehead atoms. The lowest BCUT2D eigenvalue weighted by Gasteiger charge is -2.08. The Bertz CT molecular complexity index is 558. The zero-order chi connectivity index (χ0) is 13.0. The zero-order valence-corrected chi connectivity index (χ0v) is 9.76. The summed E-state index contributed by atoms with van der Waals surface area (Å²) < 4.78 is 18.5. The Kier molecular flexibility index (Phi) is 3.62. The highest BCUT2D eigenvalue weighted by atomic mass is 19.1. The van der Waals surface area contributed by atoms with Crippen LogP contribution in [0, 0.1) is 5.82 Å². The van der Waals surface area contributed by atoms with Gasteiger partial charge in [-0.1, -0.05) is 0 Å². The first-order valence-corrected chi connectivity index (χ1v) is 5.36. The van der Waals surface area contributed by atoms with Crippen molar-refractivity contribution in [2.45, 2.75) is 13.5 Å². The van der Waals surface area contributed by atoms with E-state index in [0.717, 1.165) is 0 Å². The van der Waals surface area contributed by atoms with Crippen LogP contribution in [-0.4, -0.2) is 15.8 Å². The average Bonchev–Trinajstić information content (AvgIpc) is 2.37. The van der Waals surface area contributed by atoms with Crippen LogP contribution in [0.15, 0.2) is 36.7 Å². The molecular formula is C13H11FN2O2. The largest absolute Gasteiger partial charge is 0.485 e. The summed E-state index contributed by atoms with van der Waals surface area (Å²) in [6.07, 6.45) is 3.17. The maximum atomic E-state index is 13.1.